The highest BCUT2D eigenvalue weighted by Crippen LogP contribution is 2.24. The lowest BCUT2D eigenvalue weighted by atomic mass is 9.90. The molecule has 0 unspecified atom stereocenters. The van der Waals surface area contributed by atoms with Crippen molar-refractivity contribution in [2.24, 2.45) is 5.73 Å². The number of allylic oxidation sites excluding steroid dienone is 2. The molecule has 9 nitrogen and oxygen atoms in total. The summed E-state index contributed by atoms with van der Waals surface area (Å²) >= 11 is 0. The first kappa shape index (κ1) is 13.5. The number of nitrogens with two attached hydrogens (primary N) is 3. The molecule has 1 aromatic carbocycles. The van der Waals surface area contributed by atoms with Gasteiger partial charge in [-0.1, -0.05) is 24.3 Å². The second kappa shape index (κ2) is 4.81. The molecule has 0 bridgehead atoms. The Labute approximate surface area is 124 Å². The maximum atomic E-state index is 12.5. The molecule has 0 fully saturated rings. The molecular weight excluding hydrogens is 286 g/mol. The van der Waals surface area contributed by atoms with Gasteiger partial charge in [0.2, 0.25) is 29.4 Å². The predicted octanol–water partition coefficient (Wildman–Crippen LogP) is -0.303. The molecule has 1 aliphatic carbocycles. The van der Waals surface area contributed by atoms with Gasteiger partial charge in [0.05, 0.1) is 0 Å². The average Bonchev–Trinajstić information content (AvgIpc) is 2.48. The molecule has 7 N–H and O–H groups in total. The van der Waals surface area contributed by atoms with E-state index in [2.05, 4.69) is 20.3 Å². The van der Waals surface area contributed by atoms with Crippen molar-refractivity contribution in [3.05, 3.63) is 46.8 Å². The largest absolute Gasteiger partial charge is 0.394 e. The Kier molecular flexibility index (Phi) is 2.95. The van der Waals surface area contributed by atoms with Crippen LogP contribution >= 0.6 is 0 Å². The third-order valence-electron chi connectivity index (χ3n) is 3.06. The molecule has 0 radical (unpaired) electrons. The number of hydrogen-bond acceptors (Lipinski definition) is 9. The monoisotopic (exact) mass is 297 g/mol. The van der Waals surface area contributed by atoms with Gasteiger partial charge in [-0.25, -0.2) is 0 Å². The van der Waals surface area contributed by atoms with E-state index < -0.39 is 11.6 Å². The molecule has 3 rings (SSSR count). The number of nitrogen functional groups attached to an aromatic ring is 2. The first-order valence-corrected chi connectivity index (χ1v) is 6.19. The van der Waals surface area contributed by atoms with Crippen LogP contribution in [0.4, 0.5) is 17.8 Å². The summed E-state index contributed by atoms with van der Waals surface area (Å²) in [6, 6.07) is 6.39. The quantitative estimate of drug-likeness (QED) is 0.582. The lowest BCUT2D eigenvalue weighted by molar-refractivity contribution is 0.0974. The number of rotatable bonds is 2. The maximum absolute atomic E-state index is 12.5. The highest BCUT2D eigenvalue weighted by Gasteiger charge is 2.31. The van der Waals surface area contributed by atoms with Crippen LogP contribution < -0.4 is 22.5 Å². The minimum absolute atomic E-state index is 0.0662. The number of anilines is 3. The number of nitrogens with one attached hydrogen (secondary N) is 1. The van der Waals surface area contributed by atoms with Gasteiger partial charge < -0.3 is 22.5 Å². The molecule has 9 heteroatoms. The lowest BCUT2D eigenvalue weighted by Crippen LogP contribution is -2.30. The Balaban J connectivity index is 2.05. The Morgan fingerprint density at radius 1 is 0.818 bits per heavy atom. The smallest absolute Gasteiger partial charge is 0.233 e. The van der Waals surface area contributed by atoms with E-state index in [9.17, 15) is 9.59 Å². The first-order valence-electron chi connectivity index (χ1n) is 6.19. The van der Waals surface area contributed by atoms with Crippen LogP contribution in [-0.2, 0) is 0 Å². The van der Waals surface area contributed by atoms with Crippen molar-refractivity contribution in [3.8, 4) is 0 Å². The SMILES string of the molecule is NC1=C(Nc2nc(N)nc(N)n2)C(=O)c2ccccc2C1=O. The summed E-state index contributed by atoms with van der Waals surface area (Å²) in [5, 5.41) is 2.60. The highest BCUT2D eigenvalue weighted by molar-refractivity contribution is 6.27. The van der Waals surface area contributed by atoms with E-state index in [4.69, 9.17) is 17.2 Å². The lowest BCUT2D eigenvalue weighted by Gasteiger charge is -2.18. The summed E-state index contributed by atoms with van der Waals surface area (Å²) < 4.78 is 0. The number of Topliss-reactive ketones (excluding diaryl/α,β-unsaturated/α-hetero) is 2. The van der Waals surface area contributed by atoms with Gasteiger partial charge in [0.15, 0.2) is 0 Å². The molecule has 0 amide bonds. The Bertz CT molecular complexity index is 824. The van der Waals surface area contributed by atoms with E-state index in [0.29, 0.717) is 0 Å². The number of hydrogen-bond donors (Lipinski definition) is 4. The summed E-state index contributed by atoms with van der Waals surface area (Å²) in [6.07, 6.45) is 0. The molecule has 1 aliphatic rings. The van der Waals surface area contributed by atoms with Crippen LogP contribution in [0, 0.1) is 0 Å². The number of nitrogens with zero attached hydrogens (tertiary/aromatic N) is 3. The second-order valence-electron chi connectivity index (χ2n) is 4.49. The van der Waals surface area contributed by atoms with Gasteiger partial charge >= 0.3 is 0 Å². The van der Waals surface area contributed by atoms with Crippen molar-refractivity contribution in [2.45, 2.75) is 0 Å². The average molecular weight is 297 g/mol. The van der Waals surface area contributed by atoms with Gasteiger partial charge in [-0.3, -0.25) is 9.59 Å². The number of fused-ring (bicyclic) bond motifs is 1. The van der Waals surface area contributed by atoms with Crippen LogP contribution in [0.5, 0.6) is 0 Å². The molecule has 22 heavy (non-hydrogen) atoms. The summed E-state index contributed by atoms with van der Waals surface area (Å²) in [6.45, 7) is 0. The van der Waals surface area contributed by atoms with E-state index in [1.807, 2.05) is 0 Å². The maximum Gasteiger partial charge on any atom is 0.233 e. The molecule has 0 aliphatic heterocycles. The van der Waals surface area contributed by atoms with Crippen molar-refractivity contribution in [3.63, 3.8) is 0 Å². The fourth-order valence-corrected chi connectivity index (χ4v) is 2.10. The third-order valence-corrected chi connectivity index (χ3v) is 3.06. The van der Waals surface area contributed by atoms with Gasteiger partial charge in [-0.15, -0.1) is 0 Å². The summed E-state index contributed by atoms with van der Waals surface area (Å²) in [7, 11) is 0. The van der Waals surface area contributed by atoms with Gasteiger partial charge in [-0.2, -0.15) is 15.0 Å². The van der Waals surface area contributed by atoms with Gasteiger partial charge in [0.25, 0.3) is 0 Å². The number of ketones is 2. The predicted molar refractivity (Wildman–Crippen MR) is 78.6 cm³/mol. The Morgan fingerprint density at radius 3 is 1.95 bits per heavy atom. The normalized spacial score (nSPS) is 14.0. The Hall–Kier alpha value is -3.49. The van der Waals surface area contributed by atoms with E-state index >= 15 is 0 Å². The topological polar surface area (TPSA) is 163 Å². The first-order chi connectivity index (χ1) is 10.5. The minimum atomic E-state index is -0.451. The van der Waals surface area contributed by atoms with Crippen molar-refractivity contribution < 1.29 is 9.59 Å². The number of carbonyl (C=O) groups excluding carboxylic acids is 2. The Morgan fingerprint density at radius 2 is 1.36 bits per heavy atom. The van der Waals surface area contributed by atoms with E-state index in [1.165, 1.54) is 6.07 Å². The van der Waals surface area contributed by atoms with Gasteiger partial charge in [-0.05, 0) is 0 Å². The van der Waals surface area contributed by atoms with Crippen molar-refractivity contribution >= 4 is 29.4 Å². The van der Waals surface area contributed by atoms with Crippen LogP contribution in [0.2, 0.25) is 0 Å². The third kappa shape index (κ3) is 2.10. The second-order valence-corrected chi connectivity index (χ2v) is 4.49. The van der Waals surface area contributed by atoms with Crippen molar-refractivity contribution in [1.82, 2.24) is 15.0 Å². The van der Waals surface area contributed by atoms with Crippen molar-refractivity contribution in [2.75, 3.05) is 16.8 Å². The molecule has 110 valence electrons. The molecule has 0 atom stereocenters. The van der Waals surface area contributed by atoms with Crippen molar-refractivity contribution in [1.29, 1.82) is 0 Å². The molecular formula is C13H11N7O2. The summed E-state index contributed by atoms with van der Waals surface area (Å²) in [5.41, 5.74) is 16.8. The van der Waals surface area contributed by atoms with Crippen LogP contribution in [0.25, 0.3) is 0 Å². The zero-order chi connectivity index (χ0) is 15.9. The van der Waals surface area contributed by atoms with Gasteiger partial charge in [0.1, 0.15) is 11.4 Å². The summed E-state index contributed by atoms with van der Waals surface area (Å²) in [4.78, 5) is 35.9. The van der Waals surface area contributed by atoms with Crippen LogP contribution in [0.1, 0.15) is 20.7 Å². The van der Waals surface area contributed by atoms with E-state index in [0.717, 1.165) is 0 Å². The summed E-state index contributed by atoms with van der Waals surface area (Å²) in [5.74, 6) is -1.20. The number of aromatic nitrogens is 3. The fraction of sp³-hybridized carbons (Fsp3) is 0. The zero-order valence-electron chi connectivity index (χ0n) is 11.2. The zero-order valence-corrected chi connectivity index (χ0v) is 11.2. The number of benzene rings is 1. The van der Waals surface area contributed by atoms with Crippen LogP contribution in [-0.4, -0.2) is 26.5 Å². The molecule has 2 aromatic rings. The molecule has 0 saturated heterocycles. The number of carbonyl (C=O) groups is 2. The molecule has 0 spiro atoms. The van der Waals surface area contributed by atoms with Crippen LogP contribution in [0.3, 0.4) is 0 Å². The van der Waals surface area contributed by atoms with Crippen LogP contribution in [0.15, 0.2) is 35.7 Å². The van der Waals surface area contributed by atoms with Gasteiger partial charge in [0, 0.05) is 11.1 Å². The standard InChI is InChI=1S/C13H11N7O2/c14-7-8(17-13-19-11(15)18-12(16)20-13)10(22)6-4-2-1-3-5(6)9(7)21/h1-4H,14H2,(H5,15,16,17,18,19,20). The highest BCUT2D eigenvalue weighted by atomic mass is 16.1. The van der Waals surface area contributed by atoms with E-state index in [1.54, 1.807) is 18.2 Å². The van der Waals surface area contributed by atoms with E-state index in [-0.39, 0.29) is 40.4 Å². The molecule has 1 heterocycles. The fourth-order valence-electron chi connectivity index (χ4n) is 2.10. The molecule has 1 aromatic heterocycles. The minimum Gasteiger partial charge on any atom is -0.394 e. The molecule has 0 saturated carbocycles.